The Kier molecular flexibility index (Phi) is 6.20. The third-order valence-corrected chi connectivity index (χ3v) is 4.83. The van der Waals surface area contributed by atoms with Crippen LogP contribution in [0.3, 0.4) is 0 Å². The highest BCUT2D eigenvalue weighted by molar-refractivity contribution is 6.39. The number of nitrogens with zero attached hydrogens (tertiary/aromatic N) is 1. The Morgan fingerprint density at radius 3 is 2.47 bits per heavy atom. The standard InChI is InChI=1S/C23H24N2O5/c1-5-10-30-20-13-18(29-4)9-7-16(20)12-19-21(26)24-23(28)25(22(19)27)17-8-6-14(2)15(3)11-17/h6-9,11-13H,5,10H2,1-4H3,(H,24,26,28)/b19-12+. The van der Waals surface area contributed by atoms with Crippen molar-refractivity contribution < 1.29 is 23.9 Å². The largest absolute Gasteiger partial charge is 0.497 e. The number of aryl methyl sites for hydroxylation is 2. The van der Waals surface area contributed by atoms with Crippen LogP contribution in [0.5, 0.6) is 11.5 Å². The Balaban J connectivity index is 2.03. The normalized spacial score (nSPS) is 15.4. The highest BCUT2D eigenvalue weighted by Gasteiger charge is 2.37. The Labute approximate surface area is 175 Å². The van der Waals surface area contributed by atoms with Crippen molar-refractivity contribution in [2.45, 2.75) is 27.2 Å². The topological polar surface area (TPSA) is 84.9 Å². The SMILES string of the molecule is CCCOc1cc(OC)ccc1/C=C1\C(=O)NC(=O)N(c2ccc(C)c(C)c2)C1=O. The number of hydrogen-bond acceptors (Lipinski definition) is 5. The number of nitrogens with one attached hydrogen (secondary N) is 1. The highest BCUT2D eigenvalue weighted by atomic mass is 16.5. The molecule has 0 atom stereocenters. The fourth-order valence-electron chi connectivity index (χ4n) is 3.01. The second kappa shape index (κ2) is 8.82. The first-order valence-electron chi connectivity index (χ1n) is 9.65. The quantitative estimate of drug-likeness (QED) is 0.581. The maximum absolute atomic E-state index is 13.1. The van der Waals surface area contributed by atoms with E-state index in [9.17, 15) is 14.4 Å². The summed E-state index contributed by atoms with van der Waals surface area (Å²) in [6.07, 6.45) is 2.23. The molecule has 1 aliphatic rings. The van der Waals surface area contributed by atoms with Crippen LogP contribution < -0.4 is 19.7 Å². The molecule has 0 aromatic heterocycles. The molecule has 156 valence electrons. The van der Waals surface area contributed by atoms with Gasteiger partial charge in [0.05, 0.1) is 19.4 Å². The van der Waals surface area contributed by atoms with Crippen molar-refractivity contribution >= 4 is 29.6 Å². The van der Waals surface area contributed by atoms with Gasteiger partial charge in [0.25, 0.3) is 11.8 Å². The van der Waals surface area contributed by atoms with E-state index >= 15 is 0 Å². The maximum Gasteiger partial charge on any atom is 0.335 e. The number of barbiturate groups is 1. The van der Waals surface area contributed by atoms with Crippen molar-refractivity contribution in [3.63, 3.8) is 0 Å². The number of anilines is 1. The van der Waals surface area contributed by atoms with Gasteiger partial charge in [-0.05, 0) is 61.7 Å². The number of carbonyl (C=O) groups excluding carboxylic acids is 3. The average Bonchev–Trinajstić information content (AvgIpc) is 2.72. The molecule has 1 aliphatic heterocycles. The number of imide groups is 2. The zero-order valence-electron chi connectivity index (χ0n) is 17.4. The minimum absolute atomic E-state index is 0.153. The van der Waals surface area contributed by atoms with Crippen molar-refractivity contribution in [3.8, 4) is 11.5 Å². The molecular weight excluding hydrogens is 384 g/mol. The van der Waals surface area contributed by atoms with Crippen molar-refractivity contribution in [3.05, 3.63) is 58.7 Å². The molecule has 0 spiro atoms. The van der Waals surface area contributed by atoms with E-state index in [1.165, 1.54) is 6.08 Å². The number of amides is 4. The van der Waals surface area contributed by atoms with Crippen LogP contribution in [-0.2, 0) is 9.59 Å². The third kappa shape index (κ3) is 4.20. The van der Waals surface area contributed by atoms with E-state index in [0.29, 0.717) is 29.4 Å². The van der Waals surface area contributed by atoms with Gasteiger partial charge >= 0.3 is 6.03 Å². The van der Waals surface area contributed by atoms with Crippen molar-refractivity contribution in [1.29, 1.82) is 0 Å². The fourth-order valence-corrected chi connectivity index (χ4v) is 3.01. The molecule has 30 heavy (non-hydrogen) atoms. The van der Waals surface area contributed by atoms with Crippen LogP contribution in [0.2, 0.25) is 0 Å². The van der Waals surface area contributed by atoms with E-state index in [1.54, 1.807) is 37.4 Å². The molecule has 0 bridgehead atoms. The minimum Gasteiger partial charge on any atom is -0.497 e. The summed E-state index contributed by atoms with van der Waals surface area (Å²) in [6, 6.07) is 9.57. The van der Waals surface area contributed by atoms with E-state index < -0.39 is 17.8 Å². The summed E-state index contributed by atoms with van der Waals surface area (Å²) < 4.78 is 11.0. The molecule has 3 rings (SSSR count). The van der Waals surface area contributed by atoms with E-state index in [4.69, 9.17) is 9.47 Å². The fraction of sp³-hybridized carbons (Fsp3) is 0.261. The van der Waals surface area contributed by atoms with Gasteiger partial charge in [-0.15, -0.1) is 0 Å². The Bertz CT molecular complexity index is 1040. The lowest BCUT2D eigenvalue weighted by Crippen LogP contribution is -2.54. The van der Waals surface area contributed by atoms with Gasteiger partial charge in [0.1, 0.15) is 17.1 Å². The lowest BCUT2D eigenvalue weighted by atomic mass is 10.0. The number of ether oxygens (including phenoxy) is 2. The van der Waals surface area contributed by atoms with Gasteiger partial charge in [-0.1, -0.05) is 13.0 Å². The molecular formula is C23H24N2O5. The maximum atomic E-state index is 13.1. The molecule has 0 radical (unpaired) electrons. The lowest BCUT2D eigenvalue weighted by Gasteiger charge is -2.27. The van der Waals surface area contributed by atoms with Gasteiger partial charge in [-0.3, -0.25) is 14.9 Å². The molecule has 2 aromatic carbocycles. The van der Waals surface area contributed by atoms with Crippen molar-refractivity contribution in [1.82, 2.24) is 5.32 Å². The number of hydrogen-bond donors (Lipinski definition) is 1. The van der Waals surface area contributed by atoms with Gasteiger partial charge in [-0.2, -0.15) is 0 Å². The van der Waals surface area contributed by atoms with E-state index in [2.05, 4.69) is 5.32 Å². The predicted molar refractivity (Wildman–Crippen MR) is 114 cm³/mol. The molecule has 7 heteroatoms. The zero-order valence-corrected chi connectivity index (χ0v) is 17.4. The smallest absolute Gasteiger partial charge is 0.335 e. The van der Waals surface area contributed by atoms with Gasteiger partial charge in [0, 0.05) is 11.6 Å². The Morgan fingerprint density at radius 1 is 1.03 bits per heavy atom. The summed E-state index contributed by atoms with van der Waals surface area (Å²) >= 11 is 0. The Morgan fingerprint density at radius 2 is 1.80 bits per heavy atom. The summed E-state index contributed by atoms with van der Waals surface area (Å²) in [5.74, 6) is -0.361. The van der Waals surface area contributed by atoms with E-state index in [1.807, 2.05) is 26.8 Å². The monoisotopic (exact) mass is 408 g/mol. The van der Waals surface area contributed by atoms with Crippen LogP contribution >= 0.6 is 0 Å². The van der Waals surface area contributed by atoms with Gasteiger partial charge in [0.15, 0.2) is 0 Å². The van der Waals surface area contributed by atoms with Crippen molar-refractivity contribution in [2.24, 2.45) is 0 Å². The second-order valence-electron chi connectivity index (χ2n) is 6.98. The van der Waals surface area contributed by atoms with Gasteiger partial charge < -0.3 is 9.47 Å². The predicted octanol–water partition coefficient (Wildman–Crippen LogP) is 3.77. The van der Waals surface area contributed by atoms with Crippen LogP contribution in [0.1, 0.15) is 30.0 Å². The van der Waals surface area contributed by atoms with Gasteiger partial charge in [0.2, 0.25) is 0 Å². The number of benzene rings is 2. The second-order valence-corrected chi connectivity index (χ2v) is 6.98. The third-order valence-electron chi connectivity index (χ3n) is 4.83. The molecule has 1 saturated heterocycles. The summed E-state index contributed by atoms with van der Waals surface area (Å²) in [6.45, 7) is 6.27. The molecule has 7 nitrogen and oxygen atoms in total. The number of urea groups is 1. The number of carbonyl (C=O) groups is 3. The first kappa shape index (κ1) is 21.1. The molecule has 4 amide bonds. The molecule has 2 aromatic rings. The van der Waals surface area contributed by atoms with E-state index in [0.717, 1.165) is 22.4 Å². The Hall–Kier alpha value is -3.61. The molecule has 0 aliphatic carbocycles. The molecule has 0 unspecified atom stereocenters. The summed E-state index contributed by atoms with van der Waals surface area (Å²) in [5, 5.41) is 2.24. The van der Waals surface area contributed by atoms with Gasteiger partial charge in [-0.25, -0.2) is 9.69 Å². The number of rotatable bonds is 6. The first-order chi connectivity index (χ1) is 14.3. The van der Waals surface area contributed by atoms with Crippen LogP contribution in [0.25, 0.3) is 6.08 Å². The molecule has 1 fully saturated rings. The summed E-state index contributed by atoms with van der Waals surface area (Å²) in [5.41, 5.74) is 2.75. The van der Waals surface area contributed by atoms with Crippen LogP contribution in [0.15, 0.2) is 42.0 Å². The summed E-state index contributed by atoms with van der Waals surface area (Å²) in [4.78, 5) is 38.9. The lowest BCUT2D eigenvalue weighted by molar-refractivity contribution is -0.122. The minimum atomic E-state index is -0.775. The van der Waals surface area contributed by atoms with E-state index in [-0.39, 0.29) is 5.57 Å². The van der Waals surface area contributed by atoms with Crippen molar-refractivity contribution in [2.75, 3.05) is 18.6 Å². The molecule has 1 N–H and O–H groups in total. The van der Waals surface area contributed by atoms with Crippen LogP contribution in [0.4, 0.5) is 10.5 Å². The zero-order chi connectivity index (χ0) is 21.8. The number of methoxy groups -OCH3 is 1. The highest BCUT2D eigenvalue weighted by Crippen LogP contribution is 2.29. The first-order valence-corrected chi connectivity index (χ1v) is 9.65. The molecule has 0 saturated carbocycles. The average molecular weight is 408 g/mol. The summed E-state index contributed by atoms with van der Waals surface area (Å²) in [7, 11) is 1.54. The van der Waals surface area contributed by atoms with Crippen LogP contribution in [0, 0.1) is 13.8 Å². The molecule has 1 heterocycles. The van der Waals surface area contributed by atoms with Crippen LogP contribution in [-0.4, -0.2) is 31.6 Å².